The molecule has 166 valence electrons. The number of guanidine groups is 1. The minimum absolute atomic E-state index is 0. The molecule has 1 aromatic heterocycles. The van der Waals surface area contributed by atoms with E-state index >= 15 is 0 Å². The molecule has 0 aliphatic carbocycles. The van der Waals surface area contributed by atoms with Crippen molar-refractivity contribution < 1.29 is 8.78 Å². The van der Waals surface area contributed by atoms with Gasteiger partial charge in [-0.2, -0.15) is 5.10 Å². The Kier molecular flexibility index (Phi) is 9.40. The molecule has 1 unspecified atom stereocenters. The number of aromatic nitrogens is 3. The maximum absolute atomic E-state index is 14.3. The van der Waals surface area contributed by atoms with Gasteiger partial charge in [-0.25, -0.2) is 18.8 Å². The second-order valence-electron chi connectivity index (χ2n) is 7.08. The van der Waals surface area contributed by atoms with Crippen LogP contribution >= 0.6 is 24.0 Å². The van der Waals surface area contributed by atoms with E-state index in [9.17, 15) is 8.78 Å². The van der Waals surface area contributed by atoms with E-state index < -0.39 is 11.6 Å². The second-order valence-corrected chi connectivity index (χ2v) is 7.08. The molecule has 1 atom stereocenters. The van der Waals surface area contributed by atoms with Gasteiger partial charge in [0.05, 0.1) is 0 Å². The van der Waals surface area contributed by atoms with E-state index in [2.05, 4.69) is 25.2 Å². The lowest BCUT2D eigenvalue weighted by atomic mass is 10.0. The van der Waals surface area contributed by atoms with Gasteiger partial charge in [0.2, 0.25) is 0 Å². The van der Waals surface area contributed by atoms with Crippen molar-refractivity contribution in [3.63, 3.8) is 0 Å². The highest BCUT2D eigenvalue weighted by Crippen LogP contribution is 2.28. The third kappa shape index (κ3) is 5.87. The van der Waals surface area contributed by atoms with Crippen molar-refractivity contribution >= 4 is 29.9 Å². The van der Waals surface area contributed by atoms with Crippen molar-refractivity contribution in [2.75, 3.05) is 32.7 Å². The Morgan fingerprint density at radius 1 is 1.20 bits per heavy atom. The molecule has 1 aliphatic heterocycles. The van der Waals surface area contributed by atoms with E-state index in [0.29, 0.717) is 12.1 Å². The van der Waals surface area contributed by atoms with Crippen molar-refractivity contribution in [2.45, 2.75) is 32.9 Å². The van der Waals surface area contributed by atoms with Crippen LogP contribution in [0.5, 0.6) is 0 Å². The van der Waals surface area contributed by atoms with Gasteiger partial charge < -0.3 is 10.2 Å². The van der Waals surface area contributed by atoms with Crippen LogP contribution in [0.2, 0.25) is 0 Å². The molecule has 3 rings (SSSR count). The number of hydrogen-bond acceptors (Lipinski definition) is 4. The highest BCUT2D eigenvalue weighted by molar-refractivity contribution is 14.0. The average molecular weight is 533 g/mol. The fourth-order valence-electron chi connectivity index (χ4n) is 3.73. The SMILES string of the molecule is CCNC(=NCc1ncnn1C)N1CCN(C(CC)c2ccc(F)cc2F)CC1.I. The maximum Gasteiger partial charge on any atom is 0.194 e. The van der Waals surface area contributed by atoms with Gasteiger partial charge in [0.25, 0.3) is 0 Å². The van der Waals surface area contributed by atoms with Crippen molar-refractivity contribution in [1.82, 2.24) is 29.9 Å². The van der Waals surface area contributed by atoms with Crippen LogP contribution in [0.15, 0.2) is 29.5 Å². The first-order chi connectivity index (χ1) is 14.0. The van der Waals surface area contributed by atoms with E-state index in [1.165, 1.54) is 12.4 Å². The lowest BCUT2D eigenvalue weighted by Gasteiger charge is -2.40. The summed E-state index contributed by atoms with van der Waals surface area (Å²) in [5, 5.41) is 7.41. The van der Waals surface area contributed by atoms with Gasteiger partial charge in [-0.1, -0.05) is 13.0 Å². The Bertz CT molecular complexity index is 834. The first kappa shape index (κ1) is 24.4. The monoisotopic (exact) mass is 533 g/mol. The van der Waals surface area contributed by atoms with E-state index in [-0.39, 0.29) is 30.0 Å². The second kappa shape index (κ2) is 11.5. The smallest absolute Gasteiger partial charge is 0.194 e. The summed E-state index contributed by atoms with van der Waals surface area (Å²) < 4.78 is 29.3. The standard InChI is InChI=1S/C20H29F2N7.HI/c1-4-18(16-7-6-15(21)12-17(16)22)28-8-10-29(11-9-28)20(23-5-2)24-13-19-25-14-26-27(19)3;/h6-7,12,14,18H,4-5,8-11,13H2,1-3H3,(H,23,24);1H. The van der Waals surface area contributed by atoms with E-state index in [1.807, 2.05) is 20.9 Å². The number of hydrogen-bond donors (Lipinski definition) is 1. The molecule has 30 heavy (non-hydrogen) atoms. The van der Waals surface area contributed by atoms with Crippen molar-refractivity contribution in [1.29, 1.82) is 0 Å². The van der Waals surface area contributed by atoms with E-state index in [4.69, 9.17) is 4.99 Å². The number of benzene rings is 1. The molecule has 0 radical (unpaired) electrons. The van der Waals surface area contributed by atoms with Gasteiger partial charge in [0.1, 0.15) is 30.3 Å². The summed E-state index contributed by atoms with van der Waals surface area (Å²) in [4.78, 5) is 13.4. The molecule has 1 aromatic carbocycles. The fourth-order valence-corrected chi connectivity index (χ4v) is 3.73. The van der Waals surface area contributed by atoms with Gasteiger partial charge in [-0.15, -0.1) is 24.0 Å². The van der Waals surface area contributed by atoms with Gasteiger partial charge in [0, 0.05) is 57.4 Å². The molecule has 1 saturated heterocycles. The molecular weight excluding hydrogens is 503 g/mol. The van der Waals surface area contributed by atoms with Crippen LogP contribution in [0.1, 0.15) is 37.7 Å². The van der Waals surface area contributed by atoms with Crippen molar-refractivity contribution in [3.05, 3.63) is 47.5 Å². The molecule has 0 spiro atoms. The molecule has 1 fully saturated rings. The number of nitrogens with zero attached hydrogens (tertiary/aromatic N) is 6. The lowest BCUT2D eigenvalue weighted by Crippen LogP contribution is -2.53. The van der Waals surface area contributed by atoms with Crippen LogP contribution < -0.4 is 5.32 Å². The first-order valence-electron chi connectivity index (χ1n) is 10.1. The maximum atomic E-state index is 14.3. The summed E-state index contributed by atoms with van der Waals surface area (Å²) >= 11 is 0. The molecule has 2 aromatic rings. The quantitative estimate of drug-likeness (QED) is 0.352. The predicted molar refractivity (Wildman–Crippen MR) is 124 cm³/mol. The van der Waals surface area contributed by atoms with Crippen molar-refractivity contribution in [3.8, 4) is 0 Å². The van der Waals surface area contributed by atoms with Gasteiger partial charge >= 0.3 is 0 Å². The largest absolute Gasteiger partial charge is 0.357 e. The summed E-state index contributed by atoms with van der Waals surface area (Å²) in [6, 6.07) is 3.81. The number of aryl methyl sites for hydroxylation is 1. The highest BCUT2D eigenvalue weighted by atomic mass is 127. The molecule has 0 bridgehead atoms. The van der Waals surface area contributed by atoms with Gasteiger partial charge in [-0.3, -0.25) is 9.58 Å². The van der Waals surface area contributed by atoms with Gasteiger partial charge in [-0.05, 0) is 19.4 Å². The number of nitrogens with one attached hydrogen (secondary N) is 1. The number of piperazine rings is 1. The molecule has 2 heterocycles. The zero-order chi connectivity index (χ0) is 20.8. The van der Waals surface area contributed by atoms with Crippen LogP contribution in [0, 0.1) is 11.6 Å². The zero-order valence-electron chi connectivity index (χ0n) is 17.7. The number of halogens is 3. The molecular formula is C20H30F2IN7. The Morgan fingerprint density at radius 3 is 2.50 bits per heavy atom. The van der Waals surface area contributed by atoms with Crippen LogP contribution in [0.4, 0.5) is 8.78 Å². The predicted octanol–water partition coefficient (Wildman–Crippen LogP) is 2.95. The molecule has 1 N–H and O–H groups in total. The first-order valence-corrected chi connectivity index (χ1v) is 10.1. The van der Waals surface area contributed by atoms with Crippen LogP contribution in [0.3, 0.4) is 0 Å². The summed E-state index contributed by atoms with van der Waals surface area (Å²) in [7, 11) is 1.85. The number of aliphatic imine (C=N–C) groups is 1. The summed E-state index contributed by atoms with van der Waals surface area (Å²) in [6.45, 7) is 8.43. The van der Waals surface area contributed by atoms with E-state index in [0.717, 1.165) is 57.0 Å². The normalized spacial score (nSPS) is 16.3. The lowest BCUT2D eigenvalue weighted by molar-refractivity contribution is 0.124. The summed E-state index contributed by atoms with van der Waals surface area (Å²) in [6.07, 6.45) is 2.29. The zero-order valence-corrected chi connectivity index (χ0v) is 20.0. The molecule has 1 aliphatic rings. The minimum atomic E-state index is -0.541. The molecule has 0 saturated carbocycles. The molecule has 0 amide bonds. The summed E-state index contributed by atoms with van der Waals surface area (Å²) in [5.74, 6) is 0.631. The third-order valence-corrected chi connectivity index (χ3v) is 5.27. The third-order valence-electron chi connectivity index (χ3n) is 5.27. The number of rotatable bonds is 6. The Labute approximate surface area is 193 Å². The minimum Gasteiger partial charge on any atom is -0.357 e. The average Bonchev–Trinajstić information content (AvgIpc) is 3.12. The van der Waals surface area contributed by atoms with Crippen LogP contribution in [0.25, 0.3) is 0 Å². The Balaban J connectivity index is 0.00000320. The van der Waals surface area contributed by atoms with E-state index in [1.54, 1.807) is 10.7 Å². The fraction of sp³-hybridized carbons (Fsp3) is 0.550. The van der Waals surface area contributed by atoms with Crippen LogP contribution in [-0.4, -0.2) is 63.2 Å². The Morgan fingerprint density at radius 2 is 1.93 bits per heavy atom. The summed E-state index contributed by atoms with van der Waals surface area (Å²) in [5.41, 5.74) is 0.560. The molecule has 7 nitrogen and oxygen atoms in total. The van der Waals surface area contributed by atoms with Crippen molar-refractivity contribution in [2.24, 2.45) is 12.0 Å². The molecule has 10 heteroatoms. The van der Waals surface area contributed by atoms with Crippen LogP contribution in [-0.2, 0) is 13.6 Å². The van der Waals surface area contributed by atoms with Gasteiger partial charge in [0.15, 0.2) is 5.96 Å². The Hall–Kier alpha value is -1.82. The topological polar surface area (TPSA) is 61.6 Å². The highest BCUT2D eigenvalue weighted by Gasteiger charge is 2.27.